The van der Waals surface area contributed by atoms with E-state index in [9.17, 15) is 4.79 Å². The largest absolute Gasteiger partial charge is 0.493 e. The first-order valence-electron chi connectivity index (χ1n) is 10.6. The fourth-order valence-electron chi connectivity index (χ4n) is 3.24. The summed E-state index contributed by atoms with van der Waals surface area (Å²) in [6, 6.07) is 21.9. The van der Waals surface area contributed by atoms with E-state index in [1.807, 2.05) is 48.5 Å². The molecule has 35 heavy (non-hydrogen) atoms. The number of methoxy groups -OCH3 is 2. The maximum absolute atomic E-state index is 12.4. The second-order valence-corrected chi connectivity index (χ2v) is 7.79. The molecule has 0 aliphatic rings. The molecule has 8 nitrogen and oxygen atoms in total. The molecule has 3 aromatic carbocycles. The van der Waals surface area contributed by atoms with Gasteiger partial charge in [0.15, 0.2) is 11.5 Å². The highest BCUT2D eigenvalue weighted by atomic mass is 35.5. The number of hydrogen-bond acceptors (Lipinski definition) is 6. The van der Waals surface area contributed by atoms with Crippen molar-refractivity contribution in [2.45, 2.75) is 6.61 Å². The molecule has 0 spiro atoms. The molecule has 4 rings (SSSR count). The zero-order chi connectivity index (χ0) is 24.6. The van der Waals surface area contributed by atoms with Crippen molar-refractivity contribution >= 4 is 23.7 Å². The summed E-state index contributed by atoms with van der Waals surface area (Å²) in [5.74, 6) is 1.46. The van der Waals surface area contributed by atoms with Crippen LogP contribution in [0.1, 0.15) is 21.6 Å². The zero-order valence-corrected chi connectivity index (χ0v) is 19.9. The van der Waals surface area contributed by atoms with Crippen LogP contribution >= 0.6 is 11.6 Å². The summed E-state index contributed by atoms with van der Waals surface area (Å²) in [5.41, 5.74) is 5.87. The molecule has 0 saturated heterocycles. The van der Waals surface area contributed by atoms with E-state index < -0.39 is 5.91 Å². The van der Waals surface area contributed by atoms with Crippen molar-refractivity contribution in [3.8, 4) is 28.5 Å². The maximum Gasteiger partial charge on any atom is 0.289 e. The van der Waals surface area contributed by atoms with Crippen LogP contribution in [0.5, 0.6) is 17.2 Å². The van der Waals surface area contributed by atoms with Crippen molar-refractivity contribution in [1.82, 2.24) is 15.6 Å². The van der Waals surface area contributed by atoms with Crippen LogP contribution in [0.25, 0.3) is 11.3 Å². The molecule has 4 aromatic rings. The lowest BCUT2D eigenvalue weighted by molar-refractivity contribution is 0.0950. The Hall–Kier alpha value is -4.30. The number of carbonyl (C=O) groups is 1. The summed E-state index contributed by atoms with van der Waals surface area (Å²) in [5, 5.41) is 11.6. The van der Waals surface area contributed by atoms with Gasteiger partial charge in [0.25, 0.3) is 5.91 Å². The number of H-pyrrole nitrogens is 1. The molecule has 0 radical (unpaired) electrons. The number of carbonyl (C=O) groups excluding carboxylic acids is 1. The minimum atomic E-state index is -0.417. The minimum absolute atomic E-state index is 0.281. The number of rotatable bonds is 9. The number of aromatic nitrogens is 2. The molecule has 9 heteroatoms. The fourth-order valence-corrected chi connectivity index (χ4v) is 3.43. The number of nitrogens with one attached hydrogen (secondary N) is 2. The highest BCUT2D eigenvalue weighted by Crippen LogP contribution is 2.27. The standard InChI is InChI=1S/C26H23ClN4O4/c1-33-24-12-7-17(13-25(24)34-2)15-28-31-26(32)23-14-22(29-30-23)18-8-10-20(11-9-18)35-16-19-5-3-4-6-21(19)27/h3-15H,16H2,1-2H3,(H,29,30)(H,31,32)/b28-15+. The average molecular weight is 491 g/mol. The summed E-state index contributed by atoms with van der Waals surface area (Å²) >= 11 is 6.17. The van der Waals surface area contributed by atoms with E-state index in [0.717, 1.165) is 16.7 Å². The van der Waals surface area contributed by atoms with Crippen LogP contribution in [0, 0.1) is 0 Å². The molecule has 178 valence electrons. The van der Waals surface area contributed by atoms with Gasteiger partial charge in [0.1, 0.15) is 18.1 Å². The number of ether oxygens (including phenoxy) is 3. The van der Waals surface area contributed by atoms with Crippen LogP contribution in [0.3, 0.4) is 0 Å². The topological polar surface area (TPSA) is 97.8 Å². The zero-order valence-electron chi connectivity index (χ0n) is 19.1. The van der Waals surface area contributed by atoms with E-state index in [1.54, 1.807) is 38.5 Å². The van der Waals surface area contributed by atoms with Crippen molar-refractivity contribution in [2.24, 2.45) is 5.10 Å². The normalized spacial score (nSPS) is 10.8. The molecule has 0 bridgehead atoms. The Kier molecular flexibility index (Phi) is 7.64. The van der Waals surface area contributed by atoms with E-state index in [1.165, 1.54) is 6.21 Å². The molecule has 1 heterocycles. The molecule has 0 saturated carbocycles. The van der Waals surface area contributed by atoms with Crippen molar-refractivity contribution in [3.63, 3.8) is 0 Å². The Labute approximate surface area is 207 Å². The van der Waals surface area contributed by atoms with Crippen LogP contribution in [0.15, 0.2) is 77.9 Å². The number of nitrogens with zero attached hydrogens (tertiary/aromatic N) is 2. The van der Waals surface area contributed by atoms with Crippen LogP contribution in [-0.2, 0) is 6.61 Å². The lowest BCUT2D eigenvalue weighted by Crippen LogP contribution is -2.18. The van der Waals surface area contributed by atoms with Crippen LogP contribution < -0.4 is 19.6 Å². The van der Waals surface area contributed by atoms with Crippen molar-refractivity contribution in [2.75, 3.05) is 14.2 Å². The summed E-state index contributed by atoms with van der Waals surface area (Å²) in [7, 11) is 3.12. The molecule has 2 N–H and O–H groups in total. The SMILES string of the molecule is COc1ccc(/C=N/NC(=O)c2cc(-c3ccc(OCc4ccccc4Cl)cc3)n[nH]2)cc1OC. The lowest BCUT2D eigenvalue weighted by Gasteiger charge is -2.08. The van der Waals surface area contributed by atoms with E-state index in [4.69, 9.17) is 25.8 Å². The second kappa shape index (κ2) is 11.2. The summed E-state index contributed by atoms with van der Waals surface area (Å²) in [4.78, 5) is 12.4. The second-order valence-electron chi connectivity index (χ2n) is 7.38. The summed E-state index contributed by atoms with van der Waals surface area (Å²) in [6.45, 7) is 0.371. The van der Waals surface area contributed by atoms with E-state index in [2.05, 4.69) is 20.7 Å². The minimum Gasteiger partial charge on any atom is -0.493 e. The number of benzene rings is 3. The predicted molar refractivity (Wildman–Crippen MR) is 134 cm³/mol. The number of hydrazone groups is 1. The van der Waals surface area contributed by atoms with Crippen LogP contribution in [0.4, 0.5) is 0 Å². The molecule has 0 unspecified atom stereocenters. The first kappa shape index (κ1) is 23.8. The van der Waals surface area contributed by atoms with Gasteiger partial charge in [-0.05, 0) is 60.2 Å². The number of hydrogen-bond donors (Lipinski definition) is 2. The quantitative estimate of drug-likeness (QED) is 0.251. The average Bonchev–Trinajstić information content (AvgIpc) is 3.39. The van der Waals surface area contributed by atoms with Gasteiger partial charge in [-0.15, -0.1) is 0 Å². The van der Waals surface area contributed by atoms with Crippen LogP contribution in [-0.4, -0.2) is 36.5 Å². The third-order valence-corrected chi connectivity index (χ3v) is 5.48. The molecular weight excluding hydrogens is 468 g/mol. The molecular formula is C26H23ClN4O4. The number of aromatic amines is 1. The van der Waals surface area contributed by atoms with E-state index >= 15 is 0 Å². The van der Waals surface area contributed by atoms with E-state index in [-0.39, 0.29) is 5.69 Å². The van der Waals surface area contributed by atoms with Crippen molar-refractivity contribution < 1.29 is 19.0 Å². The highest BCUT2D eigenvalue weighted by Gasteiger charge is 2.11. The lowest BCUT2D eigenvalue weighted by atomic mass is 10.1. The third kappa shape index (κ3) is 5.99. The Morgan fingerprint density at radius 1 is 1.03 bits per heavy atom. The highest BCUT2D eigenvalue weighted by molar-refractivity contribution is 6.31. The molecule has 0 aliphatic heterocycles. The van der Waals surface area contributed by atoms with Crippen molar-refractivity contribution in [1.29, 1.82) is 0 Å². The van der Waals surface area contributed by atoms with Gasteiger partial charge >= 0.3 is 0 Å². The molecule has 0 atom stereocenters. The molecule has 0 fully saturated rings. The Morgan fingerprint density at radius 3 is 2.54 bits per heavy atom. The van der Waals surface area contributed by atoms with E-state index in [0.29, 0.717) is 34.6 Å². The predicted octanol–water partition coefficient (Wildman–Crippen LogP) is 5.09. The van der Waals surface area contributed by atoms with Gasteiger partial charge in [0, 0.05) is 16.1 Å². The smallest absolute Gasteiger partial charge is 0.289 e. The Bertz CT molecular complexity index is 1340. The third-order valence-electron chi connectivity index (χ3n) is 5.11. The van der Waals surface area contributed by atoms with Crippen molar-refractivity contribution in [3.05, 3.63) is 94.6 Å². The van der Waals surface area contributed by atoms with Gasteiger partial charge in [0.2, 0.25) is 0 Å². The number of halogens is 1. The van der Waals surface area contributed by atoms with Gasteiger partial charge in [-0.2, -0.15) is 10.2 Å². The van der Waals surface area contributed by atoms with Gasteiger partial charge in [-0.3, -0.25) is 9.89 Å². The summed E-state index contributed by atoms with van der Waals surface area (Å²) in [6.07, 6.45) is 1.51. The first-order valence-corrected chi connectivity index (χ1v) is 11.0. The first-order chi connectivity index (χ1) is 17.1. The monoisotopic (exact) mass is 490 g/mol. The Balaban J connectivity index is 1.34. The van der Waals surface area contributed by atoms with Gasteiger partial charge in [-0.25, -0.2) is 5.43 Å². The van der Waals surface area contributed by atoms with Gasteiger partial charge < -0.3 is 14.2 Å². The molecule has 1 amide bonds. The molecule has 1 aromatic heterocycles. The number of amides is 1. The molecule has 0 aliphatic carbocycles. The summed E-state index contributed by atoms with van der Waals surface area (Å²) < 4.78 is 16.3. The van der Waals surface area contributed by atoms with Crippen LogP contribution in [0.2, 0.25) is 5.02 Å². The van der Waals surface area contributed by atoms with Gasteiger partial charge in [-0.1, -0.05) is 29.8 Å². The van der Waals surface area contributed by atoms with Gasteiger partial charge in [0.05, 0.1) is 26.1 Å². The maximum atomic E-state index is 12.4. The Morgan fingerprint density at radius 2 is 1.80 bits per heavy atom. The fraction of sp³-hybridized carbons (Fsp3) is 0.115.